The van der Waals surface area contributed by atoms with Crippen molar-refractivity contribution < 1.29 is 9.53 Å². The van der Waals surface area contributed by atoms with Gasteiger partial charge in [0, 0.05) is 57.1 Å². The highest BCUT2D eigenvalue weighted by molar-refractivity contribution is 5.85. The number of ketones is 1. The van der Waals surface area contributed by atoms with Gasteiger partial charge in [-0.15, -0.1) is 12.4 Å². The molecule has 4 aliphatic rings. The van der Waals surface area contributed by atoms with Crippen LogP contribution in [0.25, 0.3) is 0 Å². The Morgan fingerprint density at radius 1 is 0.941 bits per heavy atom. The Labute approximate surface area is 212 Å². The number of ether oxygens (including phenoxy) is 1. The van der Waals surface area contributed by atoms with Crippen LogP contribution in [0.15, 0.2) is 18.2 Å². The lowest BCUT2D eigenvalue weighted by Gasteiger charge is -2.41. The molecule has 0 amide bonds. The van der Waals surface area contributed by atoms with E-state index in [1.807, 2.05) is 6.92 Å². The van der Waals surface area contributed by atoms with Crippen LogP contribution in [0, 0.1) is 5.41 Å². The monoisotopic (exact) mass is 489 g/mol. The molecule has 0 aromatic heterocycles. The smallest absolute Gasteiger partial charge is 0.146 e. The number of hydrogen-bond donors (Lipinski definition) is 0. The Balaban J connectivity index is 0.00000274. The predicted octanol–water partition coefficient (Wildman–Crippen LogP) is 5.26. The van der Waals surface area contributed by atoms with E-state index < -0.39 is 0 Å². The molecule has 2 saturated heterocycles. The van der Waals surface area contributed by atoms with E-state index in [9.17, 15) is 4.79 Å². The standard InChI is InChI=1S/C28H43N3O2.ClH/c1-2-25(32)22-29-13-15-31(16-14-29)27-6-5-24(30-17-19-33-20-18-30)21-26(27)23-7-11-28(12-8-23)9-3-4-10-28;/h5-6,21,23H,2-4,7-20,22H2,1H3;1H. The van der Waals surface area contributed by atoms with Crippen molar-refractivity contribution in [1.82, 2.24) is 4.90 Å². The van der Waals surface area contributed by atoms with Gasteiger partial charge < -0.3 is 14.5 Å². The third-order valence-electron chi connectivity index (χ3n) is 9.04. The maximum absolute atomic E-state index is 11.9. The fraction of sp³-hybridized carbons (Fsp3) is 0.750. The molecule has 0 radical (unpaired) electrons. The molecule has 34 heavy (non-hydrogen) atoms. The number of rotatable bonds is 6. The minimum atomic E-state index is 0. The zero-order valence-electron chi connectivity index (χ0n) is 21.1. The number of carbonyl (C=O) groups is 1. The Bertz CT molecular complexity index is 802. The largest absolute Gasteiger partial charge is 0.378 e. The normalized spacial score (nSPS) is 23.8. The number of anilines is 2. The number of carbonyl (C=O) groups excluding carboxylic acids is 1. The maximum Gasteiger partial charge on any atom is 0.146 e. The van der Waals surface area contributed by atoms with Crippen LogP contribution in [0.3, 0.4) is 0 Å². The molecule has 0 atom stereocenters. The summed E-state index contributed by atoms with van der Waals surface area (Å²) in [6.45, 7) is 10.3. The van der Waals surface area contributed by atoms with Crippen LogP contribution < -0.4 is 9.80 Å². The van der Waals surface area contributed by atoms with Gasteiger partial charge >= 0.3 is 0 Å². The molecule has 2 saturated carbocycles. The SMILES string of the molecule is CCC(=O)CN1CCN(c2ccc(N3CCOCC3)cc2C2CCC3(CCCC3)CC2)CC1.Cl. The van der Waals surface area contributed by atoms with Crippen LogP contribution >= 0.6 is 12.4 Å². The molecule has 0 bridgehead atoms. The van der Waals surface area contributed by atoms with Gasteiger partial charge in [0.2, 0.25) is 0 Å². The number of halogens is 1. The first-order valence-electron chi connectivity index (χ1n) is 13.6. The molecule has 1 aromatic rings. The Morgan fingerprint density at radius 3 is 2.26 bits per heavy atom. The van der Waals surface area contributed by atoms with Gasteiger partial charge in [-0.3, -0.25) is 9.69 Å². The lowest BCUT2D eigenvalue weighted by atomic mass is 9.68. The molecule has 190 valence electrons. The van der Waals surface area contributed by atoms with E-state index >= 15 is 0 Å². The second-order valence-corrected chi connectivity index (χ2v) is 11.0. The minimum absolute atomic E-state index is 0. The molecule has 2 heterocycles. The van der Waals surface area contributed by atoms with Gasteiger partial charge in [0.05, 0.1) is 19.8 Å². The summed E-state index contributed by atoms with van der Waals surface area (Å²) in [6, 6.07) is 7.29. The minimum Gasteiger partial charge on any atom is -0.378 e. The molecule has 4 fully saturated rings. The predicted molar refractivity (Wildman–Crippen MR) is 143 cm³/mol. The molecule has 1 spiro atoms. The Kier molecular flexibility index (Phi) is 8.81. The Morgan fingerprint density at radius 2 is 1.62 bits per heavy atom. The maximum atomic E-state index is 11.9. The van der Waals surface area contributed by atoms with Gasteiger partial charge in [0.25, 0.3) is 0 Å². The second kappa shape index (κ2) is 11.6. The summed E-state index contributed by atoms with van der Waals surface area (Å²) in [6.07, 6.45) is 12.0. The van der Waals surface area contributed by atoms with E-state index in [0.717, 1.165) is 52.5 Å². The average Bonchev–Trinajstić information content (AvgIpc) is 3.33. The van der Waals surface area contributed by atoms with E-state index in [4.69, 9.17) is 4.74 Å². The van der Waals surface area contributed by atoms with Crippen molar-refractivity contribution in [3.63, 3.8) is 0 Å². The number of Topliss-reactive ketones (excluding diaryl/α,β-unsaturated/α-hetero) is 1. The molecule has 0 N–H and O–H groups in total. The van der Waals surface area contributed by atoms with Crippen molar-refractivity contribution in [3.8, 4) is 0 Å². The summed E-state index contributed by atoms with van der Waals surface area (Å²) in [5, 5.41) is 0. The zero-order chi connectivity index (χ0) is 22.7. The van der Waals surface area contributed by atoms with Gasteiger partial charge in [-0.1, -0.05) is 19.8 Å². The fourth-order valence-corrected chi connectivity index (χ4v) is 6.85. The number of piperazine rings is 1. The topological polar surface area (TPSA) is 36.0 Å². The molecule has 2 aliphatic carbocycles. The van der Waals surface area contributed by atoms with Crippen LogP contribution in [-0.2, 0) is 9.53 Å². The molecular weight excluding hydrogens is 446 g/mol. The lowest BCUT2D eigenvalue weighted by molar-refractivity contribution is -0.119. The van der Waals surface area contributed by atoms with Gasteiger partial charge in [0.15, 0.2) is 0 Å². The first kappa shape index (κ1) is 25.8. The number of morpholine rings is 1. The molecule has 5 rings (SSSR count). The summed E-state index contributed by atoms with van der Waals surface area (Å²) in [4.78, 5) is 19.4. The van der Waals surface area contributed by atoms with Crippen LogP contribution in [0.2, 0.25) is 0 Å². The zero-order valence-corrected chi connectivity index (χ0v) is 21.9. The number of hydrogen-bond acceptors (Lipinski definition) is 5. The van der Waals surface area contributed by atoms with Crippen molar-refractivity contribution in [3.05, 3.63) is 23.8 Å². The van der Waals surface area contributed by atoms with Crippen molar-refractivity contribution in [2.45, 2.75) is 70.6 Å². The summed E-state index contributed by atoms with van der Waals surface area (Å²) in [5.74, 6) is 1.05. The second-order valence-electron chi connectivity index (χ2n) is 11.0. The third kappa shape index (κ3) is 5.74. The Hall–Kier alpha value is -1.30. The average molecular weight is 490 g/mol. The van der Waals surface area contributed by atoms with Crippen LogP contribution in [0.5, 0.6) is 0 Å². The van der Waals surface area contributed by atoms with Crippen molar-refractivity contribution in [1.29, 1.82) is 0 Å². The van der Waals surface area contributed by atoms with Gasteiger partial charge in [-0.2, -0.15) is 0 Å². The highest BCUT2D eigenvalue weighted by Gasteiger charge is 2.38. The van der Waals surface area contributed by atoms with E-state index in [1.165, 1.54) is 62.7 Å². The molecule has 2 aliphatic heterocycles. The summed E-state index contributed by atoms with van der Waals surface area (Å²) < 4.78 is 5.61. The summed E-state index contributed by atoms with van der Waals surface area (Å²) >= 11 is 0. The van der Waals surface area contributed by atoms with E-state index in [0.29, 0.717) is 30.1 Å². The highest BCUT2D eigenvalue weighted by Crippen LogP contribution is 2.53. The molecule has 6 heteroatoms. The first-order chi connectivity index (χ1) is 16.2. The number of benzene rings is 1. The molecular formula is C28H44ClN3O2. The lowest BCUT2D eigenvalue weighted by Crippen LogP contribution is -2.48. The van der Waals surface area contributed by atoms with Gasteiger partial charge in [0.1, 0.15) is 5.78 Å². The van der Waals surface area contributed by atoms with Crippen molar-refractivity contribution in [2.24, 2.45) is 5.41 Å². The highest BCUT2D eigenvalue weighted by atomic mass is 35.5. The first-order valence-corrected chi connectivity index (χ1v) is 13.6. The van der Waals surface area contributed by atoms with Crippen LogP contribution in [0.1, 0.15) is 76.2 Å². The quantitative estimate of drug-likeness (QED) is 0.544. The van der Waals surface area contributed by atoms with E-state index in [2.05, 4.69) is 32.9 Å². The summed E-state index contributed by atoms with van der Waals surface area (Å²) in [7, 11) is 0. The third-order valence-corrected chi connectivity index (χ3v) is 9.04. The van der Waals surface area contributed by atoms with Crippen LogP contribution in [0.4, 0.5) is 11.4 Å². The fourth-order valence-electron chi connectivity index (χ4n) is 6.85. The van der Waals surface area contributed by atoms with Gasteiger partial charge in [-0.25, -0.2) is 0 Å². The van der Waals surface area contributed by atoms with Crippen molar-refractivity contribution >= 4 is 29.6 Å². The summed E-state index contributed by atoms with van der Waals surface area (Å²) in [5.41, 5.74) is 5.10. The van der Waals surface area contributed by atoms with Crippen LogP contribution in [-0.4, -0.2) is 69.7 Å². The molecule has 0 unspecified atom stereocenters. The number of nitrogens with zero attached hydrogens (tertiary/aromatic N) is 3. The molecule has 5 nitrogen and oxygen atoms in total. The van der Waals surface area contributed by atoms with E-state index in [-0.39, 0.29) is 12.4 Å². The van der Waals surface area contributed by atoms with Crippen molar-refractivity contribution in [2.75, 3.05) is 68.8 Å². The molecule has 1 aromatic carbocycles. The van der Waals surface area contributed by atoms with Gasteiger partial charge in [-0.05, 0) is 73.6 Å². The van der Waals surface area contributed by atoms with E-state index in [1.54, 1.807) is 5.56 Å².